The largest absolute Gasteiger partial charge is 0.347 e. The van der Waals surface area contributed by atoms with Crippen LogP contribution in [0.15, 0.2) is 6.33 Å². The van der Waals surface area contributed by atoms with E-state index in [-0.39, 0.29) is 0 Å². The number of hydrogen-bond donors (Lipinski definition) is 1. The van der Waals surface area contributed by atoms with Crippen LogP contribution in [0, 0.1) is 5.92 Å². The third kappa shape index (κ3) is 2.89. The molecule has 0 saturated carbocycles. The minimum atomic E-state index is 0.766. The Labute approximate surface area is 94.9 Å². The van der Waals surface area contributed by atoms with Crippen molar-refractivity contribution in [3.05, 3.63) is 6.33 Å². The van der Waals surface area contributed by atoms with E-state index in [9.17, 15) is 0 Å². The van der Waals surface area contributed by atoms with Gasteiger partial charge in [0.05, 0.1) is 0 Å². The molecule has 1 fully saturated rings. The number of rotatable bonds is 4. The van der Waals surface area contributed by atoms with Crippen LogP contribution in [0.3, 0.4) is 0 Å². The highest BCUT2D eigenvalue weighted by Crippen LogP contribution is 2.18. The molecule has 0 amide bonds. The Morgan fingerprint density at radius 3 is 3.20 bits per heavy atom. The summed E-state index contributed by atoms with van der Waals surface area (Å²) in [6.45, 7) is 6.64. The maximum Gasteiger partial charge on any atom is 0.204 e. The number of hydrogen-bond acceptors (Lipinski definition) is 5. The Kier molecular flexibility index (Phi) is 3.91. The zero-order valence-corrected chi connectivity index (χ0v) is 9.96. The van der Waals surface area contributed by atoms with Gasteiger partial charge >= 0.3 is 0 Å². The molecule has 0 bridgehead atoms. The Morgan fingerprint density at radius 1 is 1.67 bits per heavy atom. The van der Waals surface area contributed by atoms with Crippen molar-refractivity contribution >= 4 is 16.7 Å². The first-order chi connectivity index (χ1) is 7.40. The highest BCUT2D eigenvalue weighted by atomic mass is 32.1. The van der Waals surface area contributed by atoms with Crippen molar-refractivity contribution in [1.82, 2.24) is 14.7 Å². The summed E-state index contributed by atoms with van der Waals surface area (Å²) in [6.07, 6.45) is 4.28. The standard InChI is InChI=1S/C10H18N4S/c1-2-14(10-12-8-13-15-10)7-9-4-3-5-11-6-9/h8-9,11H,2-7H2,1H3. The summed E-state index contributed by atoms with van der Waals surface area (Å²) in [5.41, 5.74) is 0. The van der Waals surface area contributed by atoms with Gasteiger partial charge in [0, 0.05) is 24.6 Å². The van der Waals surface area contributed by atoms with E-state index in [1.165, 1.54) is 30.9 Å². The monoisotopic (exact) mass is 226 g/mol. The van der Waals surface area contributed by atoms with Gasteiger partial charge in [0.25, 0.3) is 0 Å². The fourth-order valence-corrected chi connectivity index (χ4v) is 2.64. The van der Waals surface area contributed by atoms with E-state index in [4.69, 9.17) is 0 Å². The third-order valence-corrected chi connectivity index (χ3v) is 3.61. The van der Waals surface area contributed by atoms with Gasteiger partial charge in [-0.1, -0.05) is 0 Å². The van der Waals surface area contributed by atoms with E-state index < -0.39 is 0 Å². The number of anilines is 1. The molecule has 0 aromatic carbocycles. The van der Waals surface area contributed by atoms with Crippen molar-refractivity contribution in [3.63, 3.8) is 0 Å². The van der Waals surface area contributed by atoms with Crippen molar-refractivity contribution < 1.29 is 0 Å². The lowest BCUT2D eigenvalue weighted by atomic mass is 9.99. The van der Waals surface area contributed by atoms with Crippen LogP contribution in [0.25, 0.3) is 0 Å². The SMILES string of the molecule is CCN(CC1CCCNC1)c1ncns1. The van der Waals surface area contributed by atoms with E-state index in [1.54, 1.807) is 6.33 Å². The van der Waals surface area contributed by atoms with E-state index in [0.717, 1.165) is 30.7 Å². The van der Waals surface area contributed by atoms with Crippen LogP contribution in [0.1, 0.15) is 19.8 Å². The molecule has 1 unspecified atom stereocenters. The van der Waals surface area contributed by atoms with Gasteiger partial charge in [0.2, 0.25) is 5.13 Å². The summed E-state index contributed by atoms with van der Waals surface area (Å²) in [4.78, 5) is 6.59. The van der Waals surface area contributed by atoms with Gasteiger partial charge in [-0.15, -0.1) is 0 Å². The quantitative estimate of drug-likeness (QED) is 0.842. The van der Waals surface area contributed by atoms with Gasteiger partial charge in [-0.05, 0) is 38.8 Å². The minimum absolute atomic E-state index is 0.766. The summed E-state index contributed by atoms with van der Waals surface area (Å²) < 4.78 is 4.06. The van der Waals surface area contributed by atoms with Gasteiger partial charge in [-0.25, -0.2) is 4.98 Å². The highest BCUT2D eigenvalue weighted by Gasteiger charge is 2.17. The lowest BCUT2D eigenvalue weighted by Crippen LogP contribution is -2.38. The normalized spacial score (nSPS) is 21.5. The summed E-state index contributed by atoms with van der Waals surface area (Å²) in [7, 11) is 0. The molecule has 1 atom stereocenters. The van der Waals surface area contributed by atoms with Gasteiger partial charge in [0.15, 0.2) is 0 Å². The highest BCUT2D eigenvalue weighted by molar-refractivity contribution is 7.09. The number of nitrogens with one attached hydrogen (secondary N) is 1. The second kappa shape index (κ2) is 5.42. The zero-order chi connectivity index (χ0) is 10.5. The maximum atomic E-state index is 4.27. The van der Waals surface area contributed by atoms with E-state index in [1.807, 2.05) is 0 Å². The molecule has 5 heteroatoms. The fourth-order valence-electron chi connectivity index (χ4n) is 2.04. The lowest BCUT2D eigenvalue weighted by Gasteiger charge is -2.28. The van der Waals surface area contributed by atoms with Gasteiger partial charge in [0.1, 0.15) is 6.33 Å². The Hall–Kier alpha value is -0.680. The predicted octanol–water partition coefficient (Wildman–Crippen LogP) is 1.36. The number of aromatic nitrogens is 2. The van der Waals surface area contributed by atoms with Crippen LogP contribution in [0.4, 0.5) is 5.13 Å². The summed E-state index contributed by atoms with van der Waals surface area (Å²) >= 11 is 1.49. The van der Waals surface area contributed by atoms with Crippen molar-refractivity contribution in [2.75, 3.05) is 31.1 Å². The van der Waals surface area contributed by atoms with Crippen molar-refractivity contribution in [1.29, 1.82) is 0 Å². The van der Waals surface area contributed by atoms with Gasteiger partial charge in [-0.3, -0.25) is 0 Å². The molecule has 4 nitrogen and oxygen atoms in total. The molecule has 84 valence electrons. The van der Waals surface area contributed by atoms with Crippen LogP contribution in [0.5, 0.6) is 0 Å². The molecule has 2 heterocycles. The lowest BCUT2D eigenvalue weighted by molar-refractivity contribution is 0.378. The summed E-state index contributed by atoms with van der Waals surface area (Å²) in [5, 5.41) is 4.51. The van der Waals surface area contributed by atoms with Crippen LogP contribution in [0.2, 0.25) is 0 Å². The average molecular weight is 226 g/mol. The molecule has 2 rings (SSSR count). The first-order valence-corrected chi connectivity index (χ1v) is 6.40. The number of nitrogens with zero attached hydrogens (tertiary/aromatic N) is 3. The van der Waals surface area contributed by atoms with Crippen LogP contribution in [-0.4, -0.2) is 35.5 Å². The second-order valence-electron chi connectivity index (χ2n) is 3.97. The first-order valence-electron chi connectivity index (χ1n) is 5.62. The fraction of sp³-hybridized carbons (Fsp3) is 0.800. The Balaban J connectivity index is 1.90. The summed E-state index contributed by atoms with van der Waals surface area (Å²) in [5.74, 6) is 0.766. The second-order valence-corrected chi connectivity index (χ2v) is 4.73. The van der Waals surface area contributed by atoms with Crippen LogP contribution in [-0.2, 0) is 0 Å². The molecular formula is C10H18N4S. The molecule has 1 aliphatic rings. The smallest absolute Gasteiger partial charge is 0.204 e. The Morgan fingerprint density at radius 2 is 2.60 bits per heavy atom. The maximum absolute atomic E-state index is 4.27. The van der Waals surface area contributed by atoms with Crippen molar-refractivity contribution in [2.24, 2.45) is 5.92 Å². The zero-order valence-electron chi connectivity index (χ0n) is 9.15. The molecular weight excluding hydrogens is 208 g/mol. The first kappa shape index (κ1) is 10.8. The van der Waals surface area contributed by atoms with Gasteiger partial charge in [-0.2, -0.15) is 4.37 Å². The third-order valence-electron chi connectivity index (χ3n) is 2.88. The molecule has 1 aliphatic heterocycles. The van der Waals surface area contributed by atoms with E-state index in [0.29, 0.717) is 0 Å². The molecule has 1 N–H and O–H groups in total. The molecule has 1 saturated heterocycles. The Bertz CT molecular complexity index is 269. The number of piperidine rings is 1. The van der Waals surface area contributed by atoms with E-state index >= 15 is 0 Å². The average Bonchev–Trinajstić information content (AvgIpc) is 2.81. The topological polar surface area (TPSA) is 41.0 Å². The van der Waals surface area contributed by atoms with Crippen LogP contribution < -0.4 is 10.2 Å². The molecule has 1 aromatic rings. The molecule has 1 aromatic heterocycles. The predicted molar refractivity (Wildman–Crippen MR) is 63.4 cm³/mol. The summed E-state index contributed by atoms with van der Waals surface area (Å²) in [6, 6.07) is 0. The minimum Gasteiger partial charge on any atom is -0.347 e. The van der Waals surface area contributed by atoms with Crippen molar-refractivity contribution in [2.45, 2.75) is 19.8 Å². The molecule has 15 heavy (non-hydrogen) atoms. The molecule has 0 aliphatic carbocycles. The van der Waals surface area contributed by atoms with Crippen molar-refractivity contribution in [3.8, 4) is 0 Å². The van der Waals surface area contributed by atoms with Gasteiger partial charge < -0.3 is 10.2 Å². The molecule has 0 spiro atoms. The molecule has 0 radical (unpaired) electrons. The van der Waals surface area contributed by atoms with E-state index in [2.05, 4.69) is 26.5 Å². The van der Waals surface area contributed by atoms with Crippen LogP contribution >= 0.6 is 11.5 Å².